The number of amides is 3. The molecule has 1 heterocycles. The third kappa shape index (κ3) is 6.51. The lowest BCUT2D eigenvalue weighted by Gasteiger charge is -2.25. The van der Waals surface area contributed by atoms with Crippen LogP contribution < -0.4 is 5.32 Å². The summed E-state index contributed by atoms with van der Waals surface area (Å²) in [5.74, 6) is 0.712. The summed E-state index contributed by atoms with van der Waals surface area (Å²) in [6.07, 6.45) is 1.15. The summed E-state index contributed by atoms with van der Waals surface area (Å²) in [6.45, 7) is 6.53. The Labute approximate surface area is 131 Å². The van der Waals surface area contributed by atoms with E-state index >= 15 is 0 Å². The number of nitrogens with zero attached hydrogens (tertiary/aromatic N) is 2. The number of hydrogen-bond acceptors (Lipinski definition) is 4. The fourth-order valence-electron chi connectivity index (χ4n) is 1.60. The van der Waals surface area contributed by atoms with Gasteiger partial charge in [0.2, 0.25) is 0 Å². The monoisotopic (exact) mass is 311 g/mol. The predicted molar refractivity (Wildman–Crippen MR) is 82.4 cm³/mol. The molecule has 1 aromatic heterocycles. The van der Waals surface area contributed by atoms with Gasteiger partial charge in [-0.1, -0.05) is 0 Å². The zero-order valence-electron chi connectivity index (χ0n) is 13.9. The van der Waals surface area contributed by atoms with Crippen LogP contribution in [0.1, 0.15) is 26.5 Å². The van der Waals surface area contributed by atoms with Gasteiger partial charge in [-0.25, -0.2) is 9.59 Å². The van der Waals surface area contributed by atoms with Crippen molar-refractivity contribution in [1.29, 1.82) is 0 Å². The van der Waals surface area contributed by atoms with E-state index in [1.54, 1.807) is 32.5 Å². The lowest BCUT2D eigenvalue weighted by atomic mass is 10.2. The summed E-state index contributed by atoms with van der Waals surface area (Å²) >= 11 is 0. The smallest absolute Gasteiger partial charge is 0.410 e. The highest BCUT2D eigenvalue weighted by Crippen LogP contribution is 2.08. The van der Waals surface area contributed by atoms with Gasteiger partial charge in [-0.3, -0.25) is 0 Å². The molecule has 7 heteroatoms. The maximum atomic E-state index is 11.9. The molecule has 0 aliphatic rings. The molecule has 0 saturated carbocycles. The van der Waals surface area contributed by atoms with Gasteiger partial charge < -0.3 is 24.3 Å². The number of carbonyl (C=O) groups is 2. The molecular weight excluding hydrogens is 286 g/mol. The summed E-state index contributed by atoms with van der Waals surface area (Å²) < 4.78 is 10.4. The second-order valence-electron chi connectivity index (χ2n) is 6.07. The van der Waals surface area contributed by atoms with Crippen LogP contribution in [-0.2, 0) is 11.3 Å². The van der Waals surface area contributed by atoms with E-state index in [2.05, 4.69) is 5.32 Å². The second kappa shape index (κ2) is 7.72. The number of urea groups is 1. The van der Waals surface area contributed by atoms with Crippen molar-refractivity contribution < 1.29 is 18.7 Å². The average Bonchev–Trinajstić information content (AvgIpc) is 2.89. The molecule has 0 fully saturated rings. The summed E-state index contributed by atoms with van der Waals surface area (Å²) in [7, 11) is 3.31. The van der Waals surface area contributed by atoms with Crippen LogP contribution in [-0.4, -0.2) is 54.7 Å². The van der Waals surface area contributed by atoms with Crippen LogP contribution in [0.2, 0.25) is 0 Å². The topological polar surface area (TPSA) is 75.0 Å². The molecule has 0 aliphatic carbocycles. The molecule has 3 amide bonds. The lowest BCUT2D eigenvalue weighted by Crippen LogP contribution is -2.42. The molecule has 0 radical (unpaired) electrons. The highest BCUT2D eigenvalue weighted by Gasteiger charge is 2.19. The molecule has 0 unspecified atom stereocenters. The molecule has 1 aromatic rings. The van der Waals surface area contributed by atoms with E-state index < -0.39 is 11.7 Å². The van der Waals surface area contributed by atoms with Gasteiger partial charge in [0.25, 0.3) is 0 Å². The third-order valence-corrected chi connectivity index (χ3v) is 2.75. The van der Waals surface area contributed by atoms with Crippen LogP contribution >= 0.6 is 0 Å². The minimum absolute atomic E-state index is 0.228. The molecule has 0 spiro atoms. The number of rotatable bonds is 5. The number of carbonyl (C=O) groups excluding carboxylic acids is 2. The summed E-state index contributed by atoms with van der Waals surface area (Å²) in [6, 6.07) is 3.35. The second-order valence-corrected chi connectivity index (χ2v) is 6.07. The van der Waals surface area contributed by atoms with E-state index in [4.69, 9.17) is 9.15 Å². The van der Waals surface area contributed by atoms with E-state index in [0.717, 1.165) is 0 Å². The molecule has 22 heavy (non-hydrogen) atoms. The molecule has 0 aliphatic heterocycles. The number of furan rings is 1. The largest absolute Gasteiger partial charge is 0.467 e. The number of ether oxygens (including phenoxy) is 1. The van der Waals surface area contributed by atoms with Crippen LogP contribution in [0.25, 0.3) is 0 Å². The minimum atomic E-state index is -0.530. The summed E-state index contributed by atoms with van der Waals surface area (Å²) in [5.41, 5.74) is -0.530. The number of hydrogen-bond donors (Lipinski definition) is 1. The van der Waals surface area contributed by atoms with Crippen molar-refractivity contribution in [3.8, 4) is 0 Å². The highest BCUT2D eigenvalue weighted by atomic mass is 16.6. The zero-order chi connectivity index (χ0) is 16.8. The third-order valence-electron chi connectivity index (χ3n) is 2.75. The standard InChI is InChI=1S/C15H25N3O4/c1-15(2,3)22-14(20)17(4)9-8-16-13(19)18(5)11-12-7-6-10-21-12/h6-7,10H,8-9,11H2,1-5H3,(H,16,19). The van der Waals surface area contributed by atoms with Crippen molar-refractivity contribution in [2.24, 2.45) is 0 Å². The Hall–Kier alpha value is -2.18. The molecule has 7 nitrogen and oxygen atoms in total. The van der Waals surface area contributed by atoms with Crippen molar-refractivity contribution in [2.45, 2.75) is 32.9 Å². The van der Waals surface area contributed by atoms with Crippen molar-refractivity contribution in [1.82, 2.24) is 15.1 Å². The van der Waals surface area contributed by atoms with Crippen molar-refractivity contribution in [3.05, 3.63) is 24.2 Å². The molecule has 1 N–H and O–H groups in total. The van der Waals surface area contributed by atoms with Crippen LogP contribution in [0.5, 0.6) is 0 Å². The lowest BCUT2D eigenvalue weighted by molar-refractivity contribution is 0.0300. The first-order valence-corrected chi connectivity index (χ1v) is 7.14. The first-order chi connectivity index (χ1) is 10.2. The minimum Gasteiger partial charge on any atom is -0.467 e. The van der Waals surface area contributed by atoms with Gasteiger partial charge in [0.1, 0.15) is 11.4 Å². The number of nitrogens with one attached hydrogen (secondary N) is 1. The van der Waals surface area contributed by atoms with Crippen LogP contribution in [0.3, 0.4) is 0 Å². The average molecular weight is 311 g/mol. The maximum Gasteiger partial charge on any atom is 0.410 e. The molecule has 1 rings (SSSR count). The Morgan fingerprint density at radius 2 is 1.95 bits per heavy atom. The van der Waals surface area contributed by atoms with Crippen molar-refractivity contribution >= 4 is 12.1 Å². The van der Waals surface area contributed by atoms with Crippen LogP contribution in [0.4, 0.5) is 9.59 Å². The van der Waals surface area contributed by atoms with Crippen LogP contribution in [0, 0.1) is 0 Å². The van der Waals surface area contributed by atoms with Crippen molar-refractivity contribution in [3.63, 3.8) is 0 Å². The quantitative estimate of drug-likeness (QED) is 0.905. The van der Waals surface area contributed by atoms with E-state index in [1.807, 2.05) is 20.8 Å². The number of likely N-dealkylation sites (N-methyl/N-ethyl adjacent to an activating group) is 1. The maximum absolute atomic E-state index is 11.9. The zero-order valence-corrected chi connectivity index (χ0v) is 13.9. The summed E-state index contributed by atoms with van der Waals surface area (Å²) in [5, 5.41) is 2.74. The Kier molecular flexibility index (Phi) is 6.27. The van der Waals surface area contributed by atoms with Gasteiger partial charge >= 0.3 is 12.1 Å². The Morgan fingerprint density at radius 1 is 1.27 bits per heavy atom. The van der Waals surface area contributed by atoms with Gasteiger partial charge in [-0.2, -0.15) is 0 Å². The molecule has 0 bridgehead atoms. The van der Waals surface area contributed by atoms with Gasteiger partial charge in [-0.05, 0) is 32.9 Å². The predicted octanol–water partition coefficient (Wildman–Crippen LogP) is 2.29. The fourth-order valence-corrected chi connectivity index (χ4v) is 1.60. The fraction of sp³-hybridized carbons (Fsp3) is 0.600. The Balaban J connectivity index is 2.28. The van der Waals surface area contributed by atoms with Gasteiger partial charge in [0.15, 0.2) is 0 Å². The molecule has 0 aromatic carbocycles. The van der Waals surface area contributed by atoms with E-state index in [-0.39, 0.29) is 6.03 Å². The van der Waals surface area contributed by atoms with E-state index in [1.165, 1.54) is 9.80 Å². The highest BCUT2D eigenvalue weighted by molar-refractivity contribution is 5.74. The van der Waals surface area contributed by atoms with E-state index in [0.29, 0.717) is 25.4 Å². The normalized spacial score (nSPS) is 11.0. The van der Waals surface area contributed by atoms with Gasteiger partial charge in [0.05, 0.1) is 12.8 Å². The first-order valence-electron chi connectivity index (χ1n) is 7.14. The van der Waals surface area contributed by atoms with Crippen molar-refractivity contribution in [2.75, 3.05) is 27.2 Å². The Bertz CT molecular complexity index is 479. The molecular formula is C15H25N3O4. The molecule has 0 saturated heterocycles. The summed E-state index contributed by atoms with van der Waals surface area (Å²) in [4.78, 5) is 26.6. The van der Waals surface area contributed by atoms with Crippen LogP contribution in [0.15, 0.2) is 22.8 Å². The Morgan fingerprint density at radius 3 is 2.50 bits per heavy atom. The van der Waals surface area contributed by atoms with Gasteiger partial charge in [0, 0.05) is 27.2 Å². The first kappa shape index (κ1) is 17.9. The van der Waals surface area contributed by atoms with Gasteiger partial charge in [-0.15, -0.1) is 0 Å². The molecule has 124 valence electrons. The SMILES string of the molecule is CN(Cc1ccco1)C(=O)NCCN(C)C(=O)OC(C)(C)C. The van der Waals surface area contributed by atoms with E-state index in [9.17, 15) is 9.59 Å². The molecule has 0 atom stereocenters.